The van der Waals surface area contributed by atoms with Crippen LogP contribution in [0.5, 0.6) is 0 Å². The molecule has 0 aliphatic carbocycles. The van der Waals surface area contributed by atoms with Crippen molar-refractivity contribution in [1.82, 2.24) is 5.32 Å². The molecule has 0 bridgehead atoms. The SMILES string of the molecule is CNC(c1c(F)cccc1F)C(C)S(C)(=O)=O. The smallest absolute Gasteiger partial charge is 0.151 e. The Labute approximate surface area is 99.8 Å². The number of benzene rings is 1. The molecule has 0 amide bonds. The van der Waals surface area contributed by atoms with E-state index in [9.17, 15) is 17.2 Å². The van der Waals surface area contributed by atoms with Crippen LogP contribution >= 0.6 is 0 Å². The lowest BCUT2D eigenvalue weighted by atomic mass is 10.0. The molecular formula is C11H15F2NO2S. The Balaban J connectivity index is 3.28. The molecule has 96 valence electrons. The summed E-state index contributed by atoms with van der Waals surface area (Å²) < 4.78 is 50.0. The summed E-state index contributed by atoms with van der Waals surface area (Å²) in [6.07, 6.45) is 1.04. The highest BCUT2D eigenvalue weighted by molar-refractivity contribution is 7.91. The van der Waals surface area contributed by atoms with Gasteiger partial charge in [-0.1, -0.05) is 6.07 Å². The lowest BCUT2D eigenvalue weighted by molar-refractivity contribution is 0.475. The van der Waals surface area contributed by atoms with Crippen molar-refractivity contribution in [1.29, 1.82) is 0 Å². The lowest BCUT2D eigenvalue weighted by Gasteiger charge is -2.23. The van der Waals surface area contributed by atoms with Crippen LogP contribution in [0.25, 0.3) is 0 Å². The van der Waals surface area contributed by atoms with Crippen LogP contribution in [0.1, 0.15) is 18.5 Å². The monoisotopic (exact) mass is 263 g/mol. The van der Waals surface area contributed by atoms with Gasteiger partial charge in [0, 0.05) is 11.8 Å². The van der Waals surface area contributed by atoms with E-state index in [4.69, 9.17) is 0 Å². The summed E-state index contributed by atoms with van der Waals surface area (Å²) in [5.41, 5.74) is -0.243. The molecule has 0 fully saturated rings. The normalized spacial score (nSPS) is 15.6. The van der Waals surface area contributed by atoms with E-state index >= 15 is 0 Å². The van der Waals surface area contributed by atoms with Crippen LogP contribution in [0, 0.1) is 11.6 Å². The molecule has 0 saturated carbocycles. The van der Waals surface area contributed by atoms with Gasteiger partial charge in [-0.15, -0.1) is 0 Å². The average molecular weight is 263 g/mol. The molecule has 2 atom stereocenters. The quantitative estimate of drug-likeness (QED) is 0.898. The van der Waals surface area contributed by atoms with E-state index in [1.807, 2.05) is 0 Å². The third-order valence-corrected chi connectivity index (χ3v) is 4.39. The van der Waals surface area contributed by atoms with E-state index < -0.39 is 32.8 Å². The number of halogens is 2. The van der Waals surface area contributed by atoms with E-state index in [-0.39, 0.29) is 5.56 Å². The molecular weight excluding hydrogens is 248 g/mol. The maximum atomic E-state index is 13.6. The molecule has 0 aliphatic heterocycles. The van der Waals surface area contributed by atoms with E-state index in [1.54, 1.807) is 0 Å². The van der Waals surface area contributed by atoms with E-state index in [1.165, 1.54) is 20.0 Å². The molecule has 0 aliphatic rings. The highest BCUT2D eigenvalue weighted by Gasteiger charge is 2.30. The zero-order valence-corrected chi connectivity index (χ0v) is 10.7. The summed E-state index contributed by atoms with van der Waals surface area (Å²) in [6.45, 7) is 1.42. The topological polar surface area (TPSA) is 46.2 Å². The van der Waals surface area contributed by atoms with E-state index in [0.29, 0.717) is 0 Å². The third-order valence-electron chi connectivity index (χ3n) is 2.77. The van der Waals surface area contributed by atoms with Crippen LogP contribution in [0.2, 0.25) is 0 Å². The molecule has 0 saturated heterocycles. The van der Waals surface area contributed by atoms with Crippen molar-refractivity contribution in [2.24, 2.45) is 0 Å². The van der Waals surface area contributed by atoms with Crippen molar-refractivity contribution in [3.8, 4) is 0 Å². The van der Waals surface area contributed by atoms with Crippen LogP contribution in [0.4, 0.5) is 8.78 Å². The van der Waals surface area contributed by atoms with Gasteiger partial charge >= 0.3 is 0 Å². The fraction of sp³-hybridized carbons (Fsp3) is 0.455. The minimum Gasteiger partial charge on any atom is -0.312 e. The molecule has 1 rings (SSSR count). The van der Waals surface area contributed by atoms with Gasteiger partial charge in [0.05, 0.1) is 11.3 Å². The van der Waals surface area contributed by atoms with Crippen LogP contribution in [-0.4, -0.2) is 27.0 Å². The Morgan fingerprint density at radius 2 is 1.71 bits per heavy atom. The summed E-state index contributed by atoms with van der Waals surface area (Å²) in [4.78, 5) is 0. The maximum absolute atomic E-state index is 13.6. The van der Waals surface area contributed by atoms with Crippen LogP contribution in [0.15, 0.2) is 18.2 Å². The Hall–Kier alpha value is -1.01. The number of hydrogen-bond acceptors (Lipinski definition) is 3. The molecule has 3 nitrogen and oxygen atoms in total. The number of sulfone groups is 1. The number of nitrogens with one attached hydrogen (secondary N) is 1. The van der Waals surface area contributed by atoms with Crippen molar-refractivity contribution in [2.45, 2.75) is 18.2 Å². The summed E-state index contributed by atoms with van der Waals surface area (Å²) in [7, 11) is -1.92. The van der Waals surface area contributed by atoms with Crippen molar-refractivity contribution >= 4 is 9.84 Å². The van der Waals surface area contributed by atoms with Gasteiger partial charge in [0.1, 0.15) is 11.6 Å². The largest absolute Gasteiger partial charge is 0.312 e. The number of rotatable bonds is 4. The van der Waals surface area contributed by atoms with E-state index in [2.05, 4.69) is 5.32 Å². The summed E-state index contributed by atoms with van der Waals surface area (Å²) in [5.74, 6) is -1.50. The fourth-order valence-electron chi connectivity index (χ4n) is 1.67. The first-order chi connectivity index (χ1) is 7.79. The maximum Gasteiger partial charge on any atom is 0.151 e. The molecule has 0 radical (unpaired) electrons. The average Bonchev–Trinajstić information content (AvgIpc) is 2.21. The van der Waals surface area contributed by atoms with Gasteiger partial charge < -0.3 is 5.32 Å². The standard InChI is InChI=1S/C11H15F2NO2S/c1-7(17(3,15)16)11(14-2)10-8(12)5-4-6-9(10)13/h4-7,11,14H,1-3H3. The summed E-state index contributed by atoms with van der Waals surface area (Å²) in [5, 5.41) is 1.73. The molecule has 0 aromatic heterocycles. The molecule has 1 aromatic carbocycles. The van der Waals surface area contributed by atoms with Crippen molar-refractivity contribution in [3.63, 3.8) is 0 Å². The molecule has 0 heterocycles. The van der Waals surface area contributed by atoms with Gasteiger partial charge in [0.2, 0.25) is 0 Å². The van der Waals surface area contributed by atoms with Crippen molar-refractivity contribution in [2.75, 3.05) is 13.3 Å². The Bertz CT molecular complexity index is 482. The van der Waals surface area contributed by atoms with Gasteiger partial charge in [-0.2, -0.15) is 0 Å². The van der Waals surface area contributed by atoms with Gasteiger partial charge in [-0.25, -0.2) is 17.2 Å². The minimum absolute atomic E-state index is 0.243. The zero-order valence-electron chi connectivity index (χ0n) is 9.87. The van der Waals surface area contributed by atoms with Crippen molar-refractivity contribution in [3.05, 3.63) is 35.4 Å². The lowest BCUT2D eigenvalue weighted by Crippen LogP contribution is -2.34. The van der Waals surface area contributed by atoms with Gasteiger partial charge in [-0.05, 0) is 26.1 Å². The number of hydrogen-bond donors (Lipinski definition) is 1. The van der Waals surface area contributed by atoms with Gasteiger partial charge in [0.25, 0.3) is 0 Å². The predicted octanol–water partition coefficient (Wildman–Crippen LogP) is 1.66. The highest BCUT2D eigenvalue weighted by atomic mass is 32.2. The Morgan fingerprint density at radius 3 is 2.06 bits per heavy atom. The summed E-state index contributed by atoms with van der Waals surface area (Å²) in [6, 6.07) is 2.55. The molecule has 1 aromatic rings. The minimum atomic E-state index is -3.39. The van der Waals surface area contributed by atoms with Gasteiger partial charge in [0.15, 0.2) is 9.84 Å². The molecule has 1 N–H and O–H groups in total. The third kappa shape index (κ3) is 3.01. The zero-order chi connectivity index (χ0) is 13.2. The fourth-order valence-corrected chi connectivity index (χ4v) is 2.44. The second-order valence-electron chi connectivity index (χ2n) is 3.94. The van der Waals surface area contributed by atoms with Gasteiger partial charge in [-0.3, -0.25) is 0 Å². The van der Waals surface area contributed by atoms with E-state index in [0.717, 1.165) is 18.4 Å². The first-order valence-corrected chi connectivity index (χ1v) is 7.04. The van der Waals surface area contributed by atoms with Crippen LogP contribution in [0.3, 0.4) is 0 Å². The molecule has 6 heteroatoms. The Morgan fingerprint density at radius 1 is 1.24 bits per heavy atom. The second kappa shape index (κ2) is 5.10. The highest BCUT2D eigenvalue weighted by Crippen LogP contribution is 2.26. The predicted molar refractivity (Wildman–Crippen MR) is 62.5 cm³/mol. The summed E-state index contributed by atoms with van der Waals surface area (Å²) >= 11 is 0. The van der Waals surface area contributed by atoms with Crippen molar-refractivity contribution < 1.29 is 17.2 Å². The first kappa shape index (κ1) is 14.1. The first-order valence-electron chi connectivity index (χ1n) is 5.09. The molecule has 0 spiro atoms. The second-order valence-corrected chi connectivity index (χ2v) is 6.34. The van der Waals surface area contributed by atoms with Crippen LogP contribution in [-0.2, 0) is 9.84 Å². The Kier molecular flexibility index (Phi) is 4.21. The molecule has 2 unspecified atom stereocenters. The van der Waals surface area contributed by atoms with Crippen LogP contribution < -0.4 is 5.32 Å². The molecule has 17 heavy (non-hydrogen) atoms.